The zero-order valence-corrected chi connectivity index (χ0v) is 14.2. The van der Waals surface area contributed by atoms with E-state index < -0.39 is 12.0 Å². The van der Waals surface area contributed by atoms with Gasteiger partial charge in [0, 0.05) is 43.3 Å². The summed E-state index contributed by atoms with van der Waals surface area (Å²) in [7, 11) is 0. The van der Waals surface area contributed by atoms with Gasteiger partial charge in [-0.25, -0.2) is 0 Å². The molecule has 126 valence electrons. The predicted molar refractivity (Wildman–Crippen MR) is 96.8 cm³/mol. The van der Waals surface area contributed by atoms with Gasteiger partial charge in [-0.1, -0.05) is 48.0 Å². The first-order chi connectivity index (χ1) is 11.6. The highest BCUT2D eigenvalue weighted by atomic mass is 35.5. The molecule has 0 bridgehead atoms. The molecule has 0 saturated carbocycles. The molecule has 4 nitrogen and oxygen atoms in total. The highest BCUT2D eigenvalue weighted by Gasteiger charge is 2.29. The molecule has 5 heteroatoms. The molecule has 2 aromatic rings. The maximum Gasteiger partial charge on any atom is 0.321 e. The number of hydrogen-bond acceptors (Lipinski definition) is 3. The highest BCUT2D eigenvalue weighted by Crippen LogP contribution is 2.21. The zero-order chi connectivity index (χ0) is 16.9. The van der Waals surface area contributed by atoms with Crippen LogP contribution in [0.1, 0.15) is 5.56 Å². The van der Waals surface area contributed by atoms with Crippen molar-refractivity contribution in [1.82, 2.24) is 4.90 Å². The molecule has 1 saturated heterocycles. The summed E-state index contributed by atoms with van der Waals surface area (Å²) in [6.07, 6.45) is 0.431. The van der Waals surface area contributed by atoms with Crippen LogP contribution in [0.2, 0.25) is 5.02 Å². The molecule has 0 amide bonds. The molecule has 1 unspecified atom stereocenters. The molecule has 0 spiro atoms. The highest BCUT2D eigenvalue weighted by molar-refractivity contribution is 6.31. The second kappa shape index (κ2) is 7.69. The fourth-order valence-corrected chi connectivity index (χ4v) is 3.39. The number of carboxylic acid groups (broad SMARTS) is 1. The van der Waals surface area contributed by atoms with Crippen LogP contribution in [0.4, 0.5) is 5.69 Å². The average Bonchev–Trinajstić information content (AvgIpc) is 2.62. The monoisotopic (exact) mass is 344 g/mol. The van der Waals surface area contributed by atoms with E-state index in [-0.39, 0.29) is 0 Å². The fraction of sp³-hybridized carbons (Fsp3) is 0.316. The Morgan fingerprint density at radius 3 is 2.25 bits per heavy atom. The van der Waals surface area contributed by atoms with E-state index in [1.807, 2.05) is 47.4 Å². The molecule has 0 aromatic heterocycles. The molecule has 1 atom stereocenters. The maximum atomic E-state index is 11.8. The predicted octanol–water partition coefficient (Wildman–Crippen LogP) is 3.16. The minimum absolute atomic E-state index is 0.431. The van der Waals surface area contributed by atoms with Gasteiger partial charge in [0.25, 0.3) is 0 Å². The van der Waals surface area contributed by atoms with E-state index in [0.717, 1.165) is 31.7 Å². The van der Waals surface area contributed by atoms with Crippen LogP contribution in [0.5, 0.6) is 0 Å². The lowest BCUT2D eigenvalue weighted by Gasteiger charge is -2.38. The molecule has 1 aliphatic heterocycles. The van der Waals surface area contributed by atoms with E-state index in [2.05, 4.69) is 17.0 Å². The van der Waals surface area contributed by atoms with Crippen molar-refractivity contribution in [3.8, 4) is 0 Å². The number of carbonyl (C=O) groups is 1. The van der Waals surface area contributed by atoms with Gasteiger partial charge in [0.1, 0.15) is 6.04 Å². The Morgan fingerprint density at radius 1 is 1.00 bits per heavy atom. The molecule has 24 heavy (non-hydrogen) atoms. The molecule has 1 heterocycles. The summed E-state index contributed by atoms with van der Waals surface area (Å²) in [6.45, 7) is 3.12. The minimum Gasteiger partial charge on any atom is -0.480 e. The van der Waals surface area contributed by atoms with E-state index in [4.69, 9.17) is 11.6 Å². The van der Waals surface area contributed by atoms with Crippen LogP contribution in [0.3, 0.4) is 0 Å². The average molecular weight is 345 g/mol. The fourth-order valence-electron chi connectivity index (χ4n) is 3.18. The van der Waals surface area contributed by atoms with E-state index in [0.29, 0.717) is 11.4 Å². The Labute approximate surface area is 147 Å². The van der Waals surface area contributed by atoms with Crippen LogP contribution in [0.15, 0.2) is 54.6 Å². The van der Waals surface area contributed by atoms with Crippen molar-refractivity contribution in [2.75, 3.05) is 31.1 Å². The SMILES string of the molecule is O=C(O)C(Cc1ccccc1Cl)N1CCN(c2ccccc2)CC1. The van der Waals surface area contributed by atoms with Crippen molar-refractivity contribution in [3.05, 3.63) is 65.2 Å². The smallest absolute Gasteiger partial charge is 0.321 e. The standard InChI is InChI=1S/C19H21ClN2O2/c20-17-9-5-4-6-15(17)14-18(19(23)24)22-12-10-21(11-13-22)16-7-2-1-3-8-16/h1-9,18H,10-14H2,(H,23,24). The Bertz CT molecular complexity index is 685. The minimum atomic E-state index is -0.789. The molecular formula is C19H21ClN2O2. The third-order valence-electron chi connectivity index (χ3n) is 4.53. The molecular weight excluding hydrogens is 324 g/mol. The van der Waals surface area contributed by atoms with Gasteiger partial charge in [0.2, 0.25) is 0 Å². The Morgan fingerprint density at radius 2 is 1.62 bits per heavy atom. The van der Waals surface area contributed by atoms with Crippen LogP contribution >= 0.6 is 11.6 Å². The number of hydrogen-bond donors (Lipinski definition) is 1. The van der Waals surface area contributed by atoms with Crippen LogP contribution in [0, 0.1) is 0 Å². The number of anilines is 1. The Balaban J connectivity index is 1.66. The molecule has 0 aliphatic carbocycles. The summed E-state index contributed by atoms with van der Waals surface area (Å²) >= 11 is 6.20. The van der Waals surface area contributed by atoms with E-state index in [1.54, 1.807) is 0 Å². The number of halogens is 1. The Kier molecular flexibility index (Phi) is 5.38. The van der Waals surface area contributed by atoms with Crippen molar-refractivity contribution >= 4 is 23.3 Å². The van der Waals surface area contributed by atoms with Gasteiger partial charge < -0.3 is 10.0 Å². The summed E-state index contributed by atoms with van der Waals surface area (Å²) in [6, 6.07) is 17.2. The van der Waals surface area contributed by atoms with E-state index >= 15 is 0 Å². The van der Waals surface area contributed by atoms with Gasteiger partial charge in [-0.05, 0) is 23.8 Å². The van der Waals surface area contributed by atoms with Gasteiger partial charge in [-0.15, -0.1) is 0 Å². The van der Waals surface area contributed by atoms with Gasteiger partial charge in [-0.2, -0.15) is 0 Å². The van der Waals surface area contributed by atoms with Crippen molar-refractivity contribution in [2.45, 2.75) is 12.5 Å². The lowest BCUT2D eigenvalue weighted by atomic mass is 10.0. The summed E-state index contributed by atoms with van der Waals surface area (Å²) in [5.74, 6) is -0.789. The third-order valence-corrected chi connectivity index (χ3v) is 4.90. The normalized spacial score (nSPS) is 16.8. The number of aliphatic carboxylic acids is 1. The third kappa shape index (κ3) is 3.89. The van der Waals surface area contributed by atoms with Crippen LogP contribution < -0.4 is 4.90 Å². The number of carboxylic acids is 1. The zero-order valence-electron chi connectivity index (χ0n) is 13.4. The first-order valence-electron chi connectivity index (χ1n) is 8.15. The van der Waals surface area contributed by atoms with Crippen LogP contribution in [0.25, 0.3) is 0 Å². The summed E-state index contributed by atoms with van der Waals surface area (Å²) < 4.78 is 0. The number of para-hydroxylation sites is 1. The molecule has 0 radical (unpaired) electrons. The first-order valence-corrected chi connectivity index (χ1v) is 8.53. The van der Waals surface area contributed by atoms with Crippen LogP contribution in [-0.4, -0.2) is 48.2 Å². The van der Waals surface area contributed by atoms with Crippen molar-refractivity contribution in [1.29, 1.82) is 0 Å². The van der Waals surface area contributed by atoms with Crippen molar-refractivity contribution < 1.29 is 9.90 Å². The number of benzene rings is 2. The van der Waals surface area contributed by atoms with Gasteiger partial charge in [0.15, 0.2) is 0 Å². The summed E-state index contributed by atoms with van der Waals surface area (Å²) in [4.78, 5) is 16.1. The number of piperazine rings is 1. The van der Waals surface area contributed by atoms with Crippen LogP contribution in [-0.2, 0) is 11.2 Å². The van der Waals surface area contributed by atoms with Gasteiger partial charge in [0.05, 0.1) is 0 Å². The Hall–Kier alpha value is -2.04. The molecule has 2 aromatic carbocycles. The molecule has 3 rings (SSSR count). The lowest BCUT2D eigenvalue weighted by Crippen LogP contribution is -2.53. The van der Waals surface area contributed by atoms with Crippen molar-refractivity contribution in [3.63, 3.8) is 0 Å². The molecule has 1 N–H and O–H groups in total. The second-order valence-electron chi connectivity index (χ2n) is 6.01. The topological polar surface area (TPSA) is 43.8 Å². The van der Waals surface area contributed by atoms with E-state index in [1.165, 1.54) is 5.69 Å². The largest absolute Gasteiger partial charge is 0.480 e. The second-order valence-corrected chi connectivity index (χ2v) is 6.42. The quantitative estimate of drug-likeness (QED) is 0.905. The van der Waals surface area contributed by atoms with E-state index in [9.17, 15) is 9.90 Å². The molecule has 1 aliphatic rings. The number of rotatable bonds is 5. The van der Waals surface area contributed by atoms with Gasteiger partial charge in [-0.3, -0.25) is 9.69 Å². The maximum absolute atomic E-state index is 11.8. The van der Waals surface area contributed by atoms with Crippen molar-refractivity contribution in [2.24, 2.45) is 0 Å². The first kappa shape index (κ1) is 16.8. The lowest BCUT2D eigenvalue weighted by molar-refractivity contribution is -0.143. The summed E-state index contributed by atoms with van der Waals surface area (Å²) in [5.41, 5.74) is 2.08. The number of nitrogens with zero attached hydrogens (tertiary/aromatic N) is 2. The molecule has 1 fully saturated rings. The van der Waals surface area contributed by atoms with Gasteiger partial charge >= 0.3 is 5.97 Å². The summed E-state index contributed by atoms with van der Waals surface area (Å²) in [5, 5.41) is 10.3.